The molecule has 0 atom stereocenters. The zero-order chi connectivity index (χ0) is 21.8. The molecule has 2 aromatic carbocycles. The molecule has 0 N–H and O–H groups in total. The molecule has 0 bridgehead atoms. The molecule has 1 heterocycles. The number of hydrogen-bond donors (Lipinski definition) is 0. The van der Waals surface area contributed by atoms with Crippen molar-refractivity contribution in [1.29, 1.82) is 0 Å². The van der Waals surface area contributed by atoms with Crippen LogP contribution >= 0.6 is 0 Å². The van der Waals surface area contributed by atoms with E-state index >= 15 is 0 Å². The molecule has 0 radical (unpaired) electrons. The topological polar surface area (TPSA) is 54.0 Å². The molecule has 0 aromatic heterocycles. The summed E-state index contributed by atoms with van der Waals surface area (Å²) in [5.74, 6) is 0.258. The molecule has 6 heteroatoms. The van der Waals surface area contributed by atoms with E-state index in [0.29, 0.717) is 19.0 Å². The standard InChI is InChI=1S/C24H29BO5/c1-6-27-22(26)15-13-19-12-14-20(25-29-23(2,3)24(4,5)30-25)16-21(19)28-17-18-10-8-7-9-11-18/h7-16H,6,17H2,1-5H3/b15-13+. The van der Waals surface area contributed by atoms with Gasteiger partial charge in [0.25, 0.3) is 0 Å². The Hall–Kier alpha value is -2.57. The van der Waals surface area contributed by atoms with Crippen LogP contribution in [0.1, 0.15) is 45.7 Å². The molecule has 0 amide bonds. The van der Waals surface area contributed by atoms with Crippen LogP contribution in [0.25, 0.3) is 6.08 Å². The van der Waals surface area contributed by atoms with Crippen molar-refractivity contribution in [2.24, 2.45) is 0 Å². The summed E-state index contributed by atoms with van der Waals surface area (Å²) in [5.41, 5.74) is 1.85. The summed E-state index contributed by atoms with van der Waals surface area (Å²) in [6, 6.07) is 15.7. The van der Waals surface area contributed by atoms with E-state index in [9.17, 15) is 4.79 Å². The maximum absolute atomic E-state index is 11.7. The second-order valence-electron chi connectivity index (χ2n) is 8.25. The van der Waals surface area contributed by atoms with Crippen molar-refractivity contribution in [1.82, 2.24) is 0 Å². The molecule has 1 fully saturated rings. The third-order valence-corrected chi connectivity index (χ3v) is 5.49. The van der Waals surface area contributed by atoms with Gasteiger partial charge in [0.2, 0.25) is 0 Å². The van der Waals surface area contributed by atoms with Crippen LogP contribution < -0.4 is 10.2 Å². The first-order valence-electron chi connectivity index (χ1n) is 10.2. The number of rotatable bonds is 7. The molecule has 1 aliphatic heterocycles. The van der Waals surface area contributed by atoms with Gasteiger partial charge >= 0.3 is 13.1 Å². The van der Waals surface area contributed by atoms with Gasteiger partial charge in [0.05, 0.1) is 17.8 Å². The van der Waals surface area contributed by atoms with Gasteiger partial charge in [-0.2, -0.15) is 0 Å². The van der Waals surface area contributed by atoms with Crippen molar-refractivity contribution in [3.8, 4) is 5.75 Å². The summed E-state index contributed by atoms with van der Waals surface area (Å²) < 4.78 is 23.4. The molecule has 5 nitrogen and oxygen atoms in total. The van der Waals surface area contributed by atoms with Gasteiger partial charge in [-0.1, -0.05) is 42.5 Å². The van der Waals surface area contributed by atoms with Gasteiger partial charge in [0, 0.05) is 11.6 Å². The Bertz CT molecular complexity index is 889. The highest BCUT2D eigenvalue weighted by Gasteiger charge is 2.51. The van der Waals surface area contributed by atoms with Gasteiger partial charge < -0.3 is 18.8 Å². The molecular formula is C24H29BO5. The fourth-order valence-electron chi connectivity index (χ4n) is 3.02. The predicted molar refractivity (Wildman–Crippen MR) is 119 cm³/mol. The van der Waals surface area contributed by atoms with E-state index in [1.54, 1.807) is 13.0 Å². The van der Waals surface area contributed by atoms with E-state index in [0.717, 1.165) is 16.6 Å². The van der Waals surface area contributed by atoms with Crippen LogP contribution in [-0.2, 0) is 25.4 Å². The van der Waals surface area contributed by atoms with Crippen LogP contribution in [0.4, 0.5) is 0 Å². The highest BCUT2D eigenvalue weighted by molar-refractivity contribution is 6.62. The molecule has 1 aliphatic rings. The van der Waals surface area contributed by atoms with Crippen molar-refractivity contribution in [2.45, 2.75) is 52.4 Å². The van der Waals surface area contributed by atoms with E-state index < -0.39 is 18.3 Å². The van der Waals surface area contributed by atoms with Gasteiger partial charge in [-0.3, -0.25) is 0 Å². The van der Waals surface area contributed by atoms with Crippen molar-refractivity contribution in [3.05, 3.63) is 65.7 Å². The molecule has 0 aliphatic carbocycles. The Labute approximate surface area is 179 Å². The third-order valence-electron chi connectivity index (χ3n) is 5.49. The zero-order valence-corrected chi connectivity index (χ0v) is 18.3. The van der Waals surface area contributed by atoms with E-state index in [2.05, 4.69) is 0 Å². The molecule has 0 spiro atoms. The molecule has 0 unspecified atom stereocenters. The minimum atomic E-state index is -0.489. The molecule has 3 rings (SSSR count). The number of carbonyl (C=O) groups excluding carboxylic acids is 1. The van der Waals surface area contributed by atoms with Crippen LogP contribution in [0, 0.1) is 0 Å². The number of carbonyl (C=O) groups is 1. The highest BCUT2D eigenvalue weighted by atomic mass is 16.7. The summed E-state index contributed by atoms with van der Waals surface area (Å²) >= 11 is 0. The summed E-state index contributed by atoms with van der Waals surface area (Å²) in [4.78, 5) is 11.7. The predicted octanol–water partition coefficient (Wildman–Crippen LogP) is 4.14. The lowest BCUT2D eigenvalue weighted by atomic mass is 9.78. The first-order valence-corrected chi connectivity index (χ1v) is 10.2. The fourth-order valence-corrected chi connectivity index (χ4v) is 3.02. The van der Waals surface area contributed by atoms with E-state index in [-0.39, 0.29) is 5.97 Å². The summed E-state index contributed by atoms with van der Waals surface area (Å²) in [6.45, 7) is 10.6. The van der Waals surface area contributed by atoms with E-state index in [1.807, 2.05) is 76.2 Å². The lowest BCUT2D eigenvalue weighted by molar-refractivity contribution is -0.137. The molecule has 158 valence electrons. The SMILES string of the molecule is CCOC(=O)/C=C/c1ccc(B2OC(C)(C)C(C)(C)O2)cc1OCc1ccccc1. The summed E-state index contributed by atoms with van der Waals surface area (Å²) in [6.07, 6.45) is 3.11. The second-order valence-corrected chi connectivity index (χ2v) is 8.25. The molecule has 30 heavy (non-hydrogen) atoms. The molecular weight excluding hydrogens is 379 g/mol. The quantitative estimate of drug-likeness (QED) is 0.392. The first kappa shape index (κ1) is 22.1. The minimum absolute atomic E-state index is 0.335. The molecule has 1 saturated heterocycles. The Morgan fingerprint density at radius 2 is 1.70 bits per heavy atom. The van der Waals surface area contributed by atoms with Crippen LogP contribution in [-0.4, -0.2) is 30.9 Å². The van der Waals surface area contributed by atoms with Crippen LogP contribution in [0.2, 0.25) is 0 Å². The van der Waals surface area contributed by atoms with Crippen molar-refractivity contribution in [2.75, 3.05) is 6.61 Å². The average Bonchev–Trinajstić information content (AvgIpc) is 2.93. The van der Waals surface area contributed by atoms with Crippen LogP contribution in [0.3, 0.4) is 0 Å². The van der Waals surface area contributed by atoms with Crippen LogP contribution in [0.5, 0.6) is 5.75 Å². The number of esters is 1. The summed E-state index contributed by atoms with van der Waals surface area (Å²) in [7, 11) is -0.489. The number of hydrogen-bond acceptors (Lipinski definition) is 5. The van der Waals surface area contributed by atoms with E-state index in [4.69, 9.17) is 18.8 Å². The lowest BCUT2D eigenvalue weighted by Gasteiger charge is -2.32. The average molecular weight is 408 g/mol. The number of benzene rings is 2. The minimum Gasteiger partial charge on any atom is -0.488 e. The lowest BCUT2D eigenvalue weighted by Crippen LogP contribution is -2.41. The Morgan fingerprint density at radius 3 is 2.33 bits per heavy atom. The normalized spacial score (nSPS) is 17.3. The highest BCUT2D eigenvalue weighted by Crippen LogP contribution is 2.36. The fraction of sp³-hybridized carbons (Fsp3) is 0.375. The maximum Gasteiger partial charge on any atom is 0.494 e. The van der Waals surface area contributed by atoms with Crippen LogP contribution in [0.15, 0.2) is 54.6 Å². The van der Waals surface area contributed by atoms with Crippen molar-refractivity contribution in [3.63, 3.8) is 0 Å². The molecule has 0 saturated carbocycles. The second kappa shape index (κ2) is 9.06. The Morgan fingerprint density at radius 1 is 1.03 bits per heavy atom. The zero-order valence-electron chi connectivity index (χ0n) is 18.3. The maximum atomic E-state index is 11.7. The van der Waals surface area contributed by atoms with E-state index in [1.165, 1.54) is 6.08 Å². The van der Waals surface area contributed by atoms with Gasteiger partial charge in [0.1, 0.15) is 12.4 Å². The van der Waals surface area contributed by atoms with Gasteiger partial charge in [0.15, 0.2) is 0 Å². The number of ether oxygens (including phenoxy) is 2. The van der Waals surface area contributed by atoms with Crippen molar-refractivity contribution >= 4 is 24.6 Å². The third kappa shape index (κ3) is 5.13. The Kier molecular flexibility index (Phi) is 6.69. The largest absolute Gasteiger partial charge is 0.494 e. The van der Waals surface area contributed by atoms with Gasteiger partial charge in [-0.15, -0.1) is 0 Å². The molecule has 2 aromatic rings. The smallest absolute Gasteiger partial charge is 0.488 e. The summed E-state index contributed by atoms with van der Waals surface area (Å²) in [5, 5.41) is 0. The first-order chi connectivity index (χ1) is 14.2. The monoisotopic (exact) mass is 408 g/mol. The van der Waals surface area contributed by atoms with Gasteiger partial charge in [-0.05, 0) is 57.8 Å². The van der Waals surface area contributed by atoms with Gasteiger partial charge in [-0.25, -0.2) is 4.79 Å². The van der Waals surface area contributed by atoms with Crippen molar-refractivity contribution < 1.29 is 23.6 Å². The Balaban J connectivity index is 1.86.